The summed E-state index contributed by atoms with van der Waals surface area (Å²) in [5.74, 6) is 5.33. The highest BCUT2D eigenvalue weighted by Gasteiger charge is 2.19. The van der Waals surface area contributed by atoms with E-state index in [0.29, 0.717) is 0 Å². The summed E-state index contributed by atoms with van der Waals surface area (Å²) in [6.45, 7) is 5.28. The van der Waals surface area contributed by atoms with Crippen LogP contribution in [-0.2, 0) is 16.8 Å². The van der Waals surface area contributed by atoms with Crippen molar-refractivity contribution in [2.75, 3.05) is 6.61 Å². The van der Waals surface area contributed by atoms with Gasteiger partial charge in [-0.25, -0.2) is 0 Å². The molecule has 0 saturated carbocycles. The third-order valence-electron chi connectivity index (χ3n) is 1.91. The summed E-state index contributed by atoms with van der Waals surface area (Å²) < 4.78 is 28.5. The second-order valence-corrected chi connectivity index (χ2v) is 7.39. The molecule has 0 fully saturated rings. The van der Waals surface area contributed by atoms with E-state index in [-0.39, 0.29) is 13.2 Å². The zero-order valence-electron chi connectivity index (χ0n) is 11.1. The van der Waals surface area contributed by atoms with E-state index in [1.807, 2.05) is 5.38 Å². The summed E-state index contributed by atoms with van der Waals surface area (Å²) in [6, 6.07) is 1.80. The zero-order valence-corrected chi connectivity index (χ0v) is 12.8. The Morgan fingerprint density at radius 3 is 2.68 bits per heavy atom. The molecule has 19 heavy (non-hydrogen) atoms. The maximum Gasteiger partial charge on any atom is 0.277 e. The van der Waals surface area contributed by atoms with Crippen molar-refractivity contribution >= 4 is 21.5 Å². The Morgan fingerprint density at radius 2 is 2.11 bits per heavy atom. The summed E-state index contributed by atoms with van der Waals surface area (Å²) in [7, 11) is -3.54. The Labute approximate surface area is 118 Å². The van der Waals surface area contributed by atoms with E-state index >= 15 is 0 Å². The van der Waals surface area contributed by atoms with Crippen LogP contribution in [0.1, 0.15) is 31.2 Å². The standard InChI is InChI=1S/C12H18N2O3S2/c1-12(2,3)14-19(16,17)13-9-11-10(5-4-7-15)6-8-18-11/h6,8,13-15H,7,9H2,1-3H3. The monoisotopic (exact) mass is 302 g/mol. The molecule has 0 atom stereocenters. The molecule has 0 radical (unpaired) electrons. The fourth-order valence-electron chi connectivity index (χ4n) is 1.32. The van der Waals surface area contributed by atoms with Crippen LogP contribution in [-0.4, -0.2) is 25.7 Å². The minimum absolute atomic E-state index is 0.179. The summed E-state index contributed by atoms with van der Waals surface area (Å²) in [5.41, 5.74) is 0.207. The molecule has 1 rings (SSSR count). The van der Waals surface area contributed by atoms with Crippen LogP contribution in [0.5, 0.6) is 0 Å². The summed E-state index contributed by atoms with van der Waals surface area (Å²) >= 11 is 1.42. The SMILES string of the molecule is CC(C)(C)NS(=O)(=O)NCc1sccc1C#CCO. The first kappa shape index (κ1) is 16.1. The maximum atomic E-state index is 11.8. The van der Waals surface area contributed by atoms with Crippen molar-refractivity contribution in [1.82, 2.24) is 9.44 Å². The van der Waals surface area contributed by atoms with E-state index in [1.165, 1.54) is 11.3 Å². The number of rotatable bonds is 4. The smallest absolute Gasteiger partial charge is 0.277 e. The molecule has 0 unspecified atom stereocenters. The van der Waals surface area contributed by atoms with E-state index in [1.54, 1.807) is 26.8 Å². The number of hydrogen-bond donors (Lipinski definition) is 3. The molecule has 0 spiro atoms. The third-order valence-corrected chi connectivity index (χ3v) is 4.24. The zero-order chi connectivity index (χ0) is 14.5. The van der Waals surface area contributed by atoms with Crippen LogP contribution in [0, 0.1) is 11.8 Å². The number of hydrogen-bond acceptors (Lipinski definition) is 4. The van der Waals surface area contributed by atoms with Gasteiger partial charge in [0, 0.05) is 22.5 Å². The summed E-state index contributed by atoms with van der Waals surface area (Å²) in [6.07, 6.45) is 0. The molecule has 0 aromatic carbocycles. The molecule has 1 aromatic rings. The van der Waals surface area contributed by atoms with Gasteiger partial charge in [-0.2, -0.15) is 17.9 Å². The molecule has 0 aliphatic heterocycles. The fourth-order valence-corrected chi connectivity index (χ4v) is 3.40. The highest BCUT2D eigenvalue weighted by molar-refractivity contribution is 7.87. The summed E-state index contributed by atoms with van der Waals surface area (Å²) in [4.78, 5) is 0.820. The quantitative estimate of drug-likeness (QED) is 0.720. The van der Waals surface area contributed by atoms with Crippen molar-refractivity contribution in [3.8, 4) is 11.8 Å². The number of aliphatic hydroxyl groups is 1. The first-order chi connectivity index (χ1) is 8.73. The molecule has 106 valence electrons. The lowest BCUT2D eigenvalue weighted by molar-refractivity contribution is 0.350. The van der Waals surface area contributed by atoms with Gasteiger partial charge < -0.3 is 5.11 Å². The lowest BCUT2D eigenvalue weighted by atomic mass is 10.1. The Bertz CT molecular complexity index is 574. The van der Waals surface area contributed by atoms with E-state index in [2.05, 4.69) is 21.3 Å². The van der Waals surface area contributed by atoms with Crippen molar-refractivity contribution in [3.05, 3.63) is 21.9 Å². The molecule has 0 aliphatic carbocycles. The fraction of sp³-hybridized carbons (Fsp3) is 0.500. The van der Waals surface area contributed by atoms with Gasteiger partial charge in [0.2, 0.25) is 0 Å². The average Bonchev–Trinajstić information content (AvgIpc) is 2.67. The molecule has 0 bridgehead atoms. The van der Waals surface area contributed by atoms with Crippen LogP contribution in [0.15, 0.2) is 11.4 Å². The van der Waals surface area contributed by atoms with Crippen LogP contribution in [0.4, 0.5) is 0 Å². The van der Waals surface area contributed by atoms with Crippen molar-refractivity contribution < 1.29 is 13.5 Å². The first-order valence-corrected chi connectivity index (χ1v) is 8.04. The van der Waals surface area contributed by atoms with Gasteiger partial charge in [0.15, 0.2) is 0 Å². The molecule has 1 heterocycles. The lowest BCUT2D eigenvalue weighted by Gasteiger charge is -2.20. The van der Waals surface area contributed by atoms with Crippen molar-refractivity contribution in [3.63, 3.8) is 0 Å². The average molecular weight is 302 g/mol. The molecule has 0 aliphatic rings. The highest BCUT2D eigenvalue weighted by atomic mass is 32.2. The predicted octanol–water partition coefficient (Wildman–Crippen LogP) is 0.814. The molecular formula is C12H18N2O3S2. The first-order valence-electron chi connectivity index (χ1n) is 5.68. The van der Waals surface area contributed by atoms with E-state index in [4.69, 9.17) is 5.11 Å². The van der Waals surface area contributed by atoms with Crippen molar-refractivity contribution in [1.29, 1.82) is 0 Å². The molecule has 0 amide bonds. The van der Waals surface area contributed by atoms with Gasteiger partial charge in [0.1, 0.15) is 6.61 Å². The van der Waals surface area contributed by atoms with Gasteiger partial charge in [-0.15, -0.1) is 11.3 Å². The molecule has 0 saturated heterocycles. The Morgan fingerprint density at radius 1 is 1.42 bits per heavy atom. The number of thiophene rings is 1. The summed E-state index contributed by atoms with van der Waals surface area (Å²) in [5, 5.41) is 10.5. The van der Waals surface area contributed by atoms with Crippen molar-refractivity contribution in [2.45, 2.75) is 32.9 Å². The van der Waals surface area contributed by atoms with E-state index in [0.717, 1.165) is 10.4 Å². The topological polar surface area (TPSA) is 78.4 Å². The van der Waals surface area contributed by atoms with Crippen LogP contribution < -0.4 is 9.44 Å². The second kappa shape index (κ2) is 6.50. The number of nitrogens with one attached hydrogen (secondary N) is 2. The normalized spacial score (nSPS) is 12.0. The molecule has 5 nitrogen and oxygen atoms in total. The van der Waals surface area contributed by atoms with E-state index < -0.39 is 15.7 Å². The minimum atomic E-state index is -3.54. The van der Waals surface area contributed by atoms with Crippen LogP contribution in [0.2, 0.25) is 0 Å². The lowest BCUT2D eigenvalue weighted by Crippen LogP contribution is -2.46. The third kappa shape index (κ3) is 6.18. The van der Waals surface area contributed by atoms with Gasteiger partial charge in [-0.3, -0.25) is 0 Å². The van der Waals surface area contributed by atoms with Crippen LogP contribution >= 0.6 is 11.3 Å². The molecule has 7 heteroatoms. The molecular weight excluding hydrogens is 284 g/mol. The van der Waals surface area contributed by atoms with Gasteiger partial charge in [-0.05, 0) is 32.2 Å². The van der Waals surface area contributed by atoms with Crippen molar-refractivity contribution in [2.24, 2.45) is 0 Å². The minimum Gasteiger partial charge on any atom is -0.384 e. The molecule has 3 N–H and O–H groups in total. The predicted molar refractivity (Wildman–Crippen MR) is 76.9 cm³/mol. The second-order valence-electron chi connectivity index (χ2n) is 4.89. The number of aliphatic hydroxyl groups excluding tert-OH is 1. The highest BCUT2D eigenvalue weighted by Crippen LogP contribution is 2.15. The van der Waals surface area contributed by atoms with Crippen LogP contribution in [0.3, 0.4) is 0 Å². The van der Waals surface area contributed by atoms with Gasteiger partial charge >= 0.3 is 0 Å². The van der Waals surface area contributed by atoms with Gasteiger partial charge in [0.05, 0.1) is 0 Å². The van der Waals surface area contributed by atoms with E-state index in [9.17, 15) is 8.42 Å². The molecule has 1 aromatic heterocycles. The maximum absolute atomic E-state index is 11.8. The van der Waals surface area contributed by atoms with Gasteiger partial charge in [0.25, 0.3) is 10.2 Å². The Kier molecular flexibility index (Phi) is 5.52. The van der Waals surface area contributed by atoms with Gasteiger partial charge in [-0.1, -0.05) is 11.8 Å². The largest absolute Gasteiger partial charge is 0.384 e. The Hall–Kier alpha value is -0.910. The van der Waals surface area contributed by atoms with Crippen LogP contribution in [0.25, 0.3) is 0 Å². The Balaban J connectivity index is 2.70.